The van der Waals surface area contributed by atoms with Crippen molar-refractivity contribution in [3.63, 3.8) is 0 Å². The highest BCUT2D eigenvalue weighted by Crippen LogP contribution is 2.57. The van der Waals surface area contributed by atoms with E-state index in [0.717, 1.165) is 19.3 Å². The lowest BCUT2D eigenvalue weighted by Crippen LogP contribution is -2.49. The van der Waals surface area contributed by atoms with Gasteiger partial charge in [-0.25, -0.2) is 0 Å². The molecule has 1 aliphatic heterocycles. The number of aliphatic hydroxyl groups is 1. The Morgan fingerprint density at radius 2 is 2.29 bits per heavy atom. The van der Waals surface area contributed by atoms with Crippen LogP contribution in [0.3, 0.4) is 0 Å². The monoisotopic (exact) mass is 196 g/mol. The molecular formula is C12H20O2. The number of fused-ring (bicyclic) bond motifs is 1. The van der Waals surface area contributed by atoms with E-state index in [2.05, 4.69) is 6.58 Å². The zero-order valence-electron chi connectivity index (χ0n) is 9.34. The molecule has 1 aliphatic carbocycles. The van der Waals surface area contributed by atoms with E-state index >= 15 is 0 Å². The van der Waals surface area contributed by atoms with Crippen LogP contribution in [-0.4, -0.2) is 22.4 Å². The molecule has 1 saturated carbocycles. The van der Waals surface area contributed by atoms with Crippen LogP contribution in [0.2, 0.25) is 0 Å². The summed E-state index contributed by atoms with van der Waals surface area (Å²) in [4.78, 5) is 0. The zero-order valence-corrected chi connectivity index (χ0v) is 9.34. The number of hydrogen-bond acceptors (Lipinski definition) is 2. The molecule has 2 aliphatic rings. The molecule has 0 bridgehead atoms. The third-order valence-electron chi connectivity index (χ3n) is 4.23. The van der Waals surface area contributed by atoms with Crippen molar-refractivity contribution in [2.24, 2.45) is 5.92 Å². The van der Waals surface area contributed by atoms with Crippen LogP contribution in [0, 0.1) is 5.92 Å². The third kappa shape index (κ3) is 1.17. The number of hydrogen-bond donors (Lipinski definition) is 1. The Hall–Kier alpha value is -0.340. The Kier molecular flexibility index (Phi) is 2.06. The fraction of sp³-hybridized carbons (Fsp3) is 0.833. The molecule has 0 spiro atoms. The minimum Gasteiger partial charge on any atom is -0.387 e. The molecular weight excluding hydrogens is 176 g/mol. The second-order valence-corrected chi connectivity index (χ2v) is 5.08. The summed E-state index contributed by atoms with van der Waals surface area (Å²) in [6, 6.07) is 0. The van der Waals surface area contributed by atoms with Crippen LogP contribution >= 0.6 is 0 Å². The topological polar surface area (TPSA) is 32.8 Å². The largest absolute Gasteiger partial charge is 0.387 e. The van der Waals surface area contributed by atoms with Gasteiger partial charge in [-0.15, -0.1) is 0 Å². The van der Waals surface area contributed by atoms with Crippen molar-refractivity contribution in [2.75, 3.05) is 0 Å². The molecule has 0 aromatic heterocycles. The molecule has 2 fully saturated rings. The van der Waals surface area contributed by atoms with Crippen molar-refractivity contribution in [1.82, 2.24) is 0 Å². The van der Waals surface area contributed by atoms with E-state index in [1.54, 1.807) is 0 Å². The lowest BCUT2D eigenvalue weighted by molar-refractivity contribution is -0.0540. The molecule has 0 radical (unpaired) electrons. The van der Waals surface area contributed by atoms with E-state index in [1.165, 1.54) is 5.57 Å². The first-order chi connectivity index (χ1) is 6.43. The SMILES string of the molecule is C=C(C)C1CC2OC2(C)C(O)(CC)C1. The second-order valence-electron chi connectivity index (χ2n) is 5.08. The molecule has 0 aromatic carbocycles. The molecule has 2 nitrogen and oxygen atoms in total. The third-order valence-corrected chi connectivity index (χ3v) is 4.23. The van der Waals surface area contributed by atoms with Gasteiger partial charge in [-0.05, 0) is 39.0 Å². The molecule has 1 saturated heterocycles. The minimum absolute atomic E-state index is 0.253. The summed E-state index contributed by atoms with van der Waals surface area (Å²) in [6.45, 7) is 10.1. The second kappa shape index (κ2) is 2.83. The first-order valence-corrected chi connectivity index (χ1v) is 5.48. The highest BCUT2D eigenvalue weighted by Gasteiger charge is 2.67. The summed E-state index contributed by atoms with van der Waals surface area (Å²) < 4.78 is 5.66. The Morgan fingerprint density at radius 3 is 2.79 bits per heavy atom. The van der Waals surface area contributed by atoms with Gasteiger partial charge < -0.3 is 9.84 Å². The van der Waals surface area contributed by atoms with E-state index in [-0.39, 0.29) is 11.7 Å². The Bertz CT molecular complexity index is 273. The van der Waals surface area contributed by atoms with Gasteiger partial charge in [0.15, 0.2) is 0 Å². The fourth-order valence-corrected chi connectivity index (χ4v) is 2.77. The van der Waals surface area contributed by atoms with Gasteiger partial charge in [0.05, 0.1) is 11.7 Å². The smallest absolute Gasteiger partial charge is 0.120 e. The van der Waals surface area contributed by atoms with E-state index in [9.17, 15) is 5.11 Å². The molecule has 14 heavy (non-hydrogen) atoms. The van der Waals surface area contributed by atoms with E-state index in [0.29, 0.717) is 5.92 Å². The predicted molar refractivity (Wildman–Crippen MR) is 56.1 cm³/mol. The van der Waals surface area contributed by atoms with E-state index in [1.807, 2.05) is 20.8 Å². The zero-order chi connectivity index (χ0) is 10.6. The summed E-state index contributed by atoms with van der Waals surface area (Å²) in [5, 5.41) is 10.5. The molecule has 4 unspecified atom stereocenters. The van der Waals surface area contributed by atoms with Gasteiger partial charge in [0, 0.05) is 0 Å². The first-order valence-electron chi connectivity index (χ1n) is 5.48. The van der Waals surface area contributed by atoms with E-state index < -0.39 is 5.60 Å². The number of ether oxygens (including phenoxy) is 1. The lowest BCUT2D eigenvalue weighted by Gasteiger charge is -2.38. The molecule has 4 atom stereocenters. The molecule has 1 N–H and O–H groups in total. The Labute approximate surface area is 86.0 Å². The van der Waals surface area contributed by atoms with Gasteiger partial charge in [0.2, 0.25) is 0 Å². The van der Waals surface area contributed by atoms with Gasteiger partial charge in [0.25, 0.3) is 0 Å². The number of allylic oxidation sites excluding steroid dienone is 1. The number of epoxide rings is 1. The standard InChI is InChI=1S/C12H20O2/c1-5-12(13)7-9(8(2)3)6-10-11(12,4)14-10/h9-10,13H,2,5-7H2,1,3-4H3. The summed E-state index contributed by atoms with van der Waals surface area (Å²) in [6.07, 6.45) is 2.87. The summed E-state index contributed by atoms with van der Waals surface area (Å²) in [5.41, 5.74) is 0.266. The Balaban J connectivity index is 2.20. The van der Waals surface area contributed by atoms with Crippen LogP contribution in [0.4, 0.5) is 0 Å². The van der Waals surface area contributed by atoms with Crippen molar-refractivity contribution in [3.8, 4) is 0 Å². The van der Waals surface area contributed by atoms with Gasteiger partial charge in [-0.1, -0.05) is 19.1 Å². The summed E-state index contributed by atoms with van der Waals surface area (Å²) in [5.74, 6) is 0.431. The molecule has 2 rings (SSSR count). The molecule has 80 valence electrons. The highest BCUT2D eigenvalue weighted by atomic mass is 16.6. The highest BCUT2D eigenvalue weighted by molar-refractivity contribution is 5.20. The average molecular weight is 196 g/mol. The quantitative estimate of drug-likeness (QED) is 0.543. The van der Waals surface area contributed by atoms with E-state index in [4.69, 9.17) is 4.74 Å². The van der Waals surface area contributed by atoms with Gasteiger partial charge >= 0.3 is 0 Å². The predicted octanol–water partition coefficient (Wildman–Crippen LogP) is 2.27. The maximum atomic E-state index is 10.5. The van der Waals surface area contributed by atoms with Crippen molar-refractivity contribution in [2.45, 2.75) is 57.3 Å². The lowest BCUT2D eigenvalue weighted by atomic mass is 9.68. The molecule has 1 heterocycles. The first kappa shape index (κ1) is 10.2. The minimum atomic E-state index is -0.639. The maximum absolute atomic E-state index is 10.5. The van der Waals surface area contributed by atoms with Crippen molar-refractivity contribution >= 4 is 0 Å². The normalized spacial score (nSPS) is 51.1. The summed E-state index contributed by atoms with van der Waals surface area (Å²) in [7, 11) is 0. The molecule has 2 heteroatoms. The molecule has 0 amide bonds. The van der Waals surface area contributed by atoms with Crippen LogP contribution in [-0.2, 0) is 4.74 Å². The maximum Gasteiger partial charge on any atom is 0.120 e. The van der Waals surface area contributed by atoms with Gasteiger partial charge in [-0.3, -0.25) is 0 Å². The van der Waals surface area contributed by atoms with Gasteiger partial charge in [0.1, 0.15) is 5.60 Å². The Morgan fingerprint density at radius 1 is 1.64 bits per heavy atom. The average Bonchev–Trinajstić information content (AvgIpc) is 2.78. The van der Waals surface area contributed by atoms with Crippen molar-refractivity contribution < 1.29 is 9.84 Å². The van der Waals surface area contributed by atoms with Crippen LogP contribution < -0.4 is 0 Å². The van der Waals surface area contributed by atoms with Crippen LogP contribution in [0.15, 0.2) is 12.2 Å². The van der Waals surface area contributed by atoms with Crippen LogP contribution in [0.5, 0.6) is 0 Å². The van der Waals surface area contributed by atoms with Crippen molar-refractivity contribution in [1.29, 1.82) is 0 Å². The molecule has 0 aromatic rings. The van der Waals surface area contributed by atoms with Crippen molar-refractivity contribution in [3.05, 3.63) is 12.2 Å². The number of rotatable bonds is 2. The summed E-state index contributed by atoms with van der Waals surface area (Å²) >= 11 is 0. The van der Waals surface area contributed by atoms with Gasteiger partial charge in [-0.2, -0.15) is 0 Å². The van der Waals surface area contributed by atoms with Crippen LogP contribution in [0.1, 0.15) is 40.0 Å². The van der Waals surface area contributed by atoms with Crippen LogP contribution in [0.25, 0.3) is 0 Å². The fourth-order valence-electron chi connectivity index (χ4n) is 2.77.